The van der Waals surface area contributed by atoms with Crippen molar-refractivity contribution in [1.29, 1.82) is 0 Å². The molecule has 24 heavy (non-hydrogen) atoms. The van der Waals surface area contributed by atoms with Crippen molar-refractivity contribution >= 4 is 11.9 Å². The van der Waals surface area contributed by atoms with E-state index in [9.17, 15) is 9.59 Å². The topological polar surface area (TPSA) is 64.6 Å². The van der Waals surface area contributed by atoms with Crippen LogP contribution in [-0.4, -0.2) is 30.8 Å². The molecule has 0 atom stereocenters. The minimum absolute atomic E-state index is 0.124. The second-order valence-electron chi connectivity index (χ2n) is 6.68. The lowest BCUT2D eigenvalue weighted by Crippen LogP contribution is -2.54. The highest BCUT2D eigenvalue weighted by Gasteiger charge is 2.39. The van der Waals surface area contributed by atoms with Gasteiger partial charge in [-0.05, 0) is 37.8 Å². The number of benzene rings is 1. The minimum atomic E-state index is -0.907. The SMILES string of the molecule is COC1CCC(NC(=O)Cc2cc(C)ccc2C)(OC(C)=O)CC1. The predicted octanol–water partition coefficient (Wildman–Crippen LogP) is 2.81. The van der Waals surface area contributed by atoms with Crippen molar-refractivity contribution in [3.8, 4) is 0 Å². The Morgan fingerprint density at radius 3 is 2.50 bits per heavy atom. The number of methoxy groups -OCH3 is 1. The Hall–Kier alpha value is -1.88. The molecule has 1 amide bonds. The van der Waals surface area contributed by atoms with Crippen molar-refractivity contribution < 1.29 is 19.1 Å². The van der Waals surface area contributed by atoms with Crippen LogP contribution in [0.5, 0.6) is 0 Å². The Labute approximate surface area is 143 Å². The number of hydrogen-bond acceptors (Lipinski definition) is 4. The molecule has 0 saturated heterocycles. The molecule has 5 nitrogen and oxygen atoms in total. The number of rotatable bonds is 5. The minimum Gasteiger partial charge on any atom is -0.439 e. The van der Waals surface area contributed by atoms with E-state index < -0.39 is 5.72 Å². The Morgan fingerprint density at radius 2 is 1.92 bits per heavy atom. The molecule has 1 saturated carbocycles. The summed E-state index contributed by atoms with van der Waals surface area (Å²) in [6.45, 7) is 5.38. The van der Waals surface area contributed by atoms with Gasteiger partial charge in [0.1, 0.15) is 0 Å². The number of nitrogens with one attached hydrogen (secondary N) is 1. The summed E-state index contributed by atoms with van der Waals surface area (Å²) in [5, 5.41) is 2.97. The summed E-state index contributed by atoms with van der Waals surface area (Å²) in [6.07, 6.45) is 3.10. The highest BCUT2D eigenvalue weighted by molar-refractivity contribution is 5.80. The summed E-state index contributed by atoms with van der Waals surface area (Å²) < 4.78 is 10.9. The van der Waals surface area contributed by atoms with E-state index in [2.05, 4.69) is 5.32 Å². The number of esters is 1. The van der Waals surface area contributed by atoms with Crippen LogP contribution >= 0.6 is 0 Å². The fourth-order valence-corrected chi connectivity index (χ4v) is 3.28. The number of hydrogen-bond donors (Lipinski definition) is 1. The molecule has 1 aromatic carbocycles. The van der Waals surface area contributed by atoms with Crippen LogP contribution in [0.4, 0.5) is 0 Å². The van der Waals surface area contributed by atoms with E-state index in [-0.39, 0.29) is 24.4 Å². The van der Waals surface area contributed by atoms with Gasteiger partial charge in [0, 0.05) is 26.9 Å². The van der Waals surface area contributed by atoms with E-state index in [0.29, 0.717) is 12.8 Å². The average Bonchev–Trinajstić information content (AvgIpc) is 2.51. The van der Waals surface area contributed by atoms with E-state index in [1.54, 1.807) is 7.11 Å². The van der Waals surface area contributed by atoms with Gasteiger partial charge < -0.3 is 14.8 Å². The monoisotopic (exact) mass is 333 g/mol. The van der Waals surface area contributed by atoms with Gasteiger partial charge in [-0.3, -0.25) is 9.59 Å². The van der Waals surface area contributed by atoms with E-state index in [0.717, 1.165) is 29.5 Å². The average molecular weight is 333 g/mol. The number of carbonyl (C=O) groups excluding carboxylic acids is 2. The fraction of sp³-hybridized carbons (Fsp3) is 0.579. The lowest BCUT2D eigenvalue weighted by molar-refractivity contribution is -0.171. The molecule has 0 heterocycles. The van der Waals surface area contributed by atoms with Crippen molar-refractivity contribution in [3.63, 3.8) is 0 Å². The largest absolute Gasteiger partial charge is 0.439 e. The van der Waals surface area contributed by atoms with Gasteiger partial charge in [-0.15, -0.1) is 0 Å². The van der Waals surface area contributed by atoms with Gasteiger partial charge in [-0.1, -0.05) is 23.8 Å². The van der Waals surface area contributed by atoms with E-state index >= 15 is 0 Å². The first kappa shape index (κ1) is 18.5. The molecule has 0 bridgehead atoms. The van der Waals surface area contributed by atoms with Gasteiger partial charge >= 0.3 is 5.97 Å². The zero-order valence-corrected chi connectivity index (χ0v) is 15.0. The molecule has 5 heteroatoms. The standard InChI is InChI=1S/C19H27NO4/c1-13-5-6-14(2)16(11-13)12-18(22)20-19(24-15(3)21)9-7-17(23-4)8-10-19/h5-6,11,17H,7-10,12H2,1-4H3,(H,20,22). The molecule has 0 aliphatic heterocycles. The first-order valence-corrected chi connectivity index (χ1v) is 8.43. The van der Waals surface area contributed by atoms with Crippen LogP contribution in [0.15, 0.2) is 18.2 Å². The summed E-state index contributed by atoms with van der Waals surface area (Å²) in [5.41, 5.74) is 2.30. The van der Waals surface area contributed by atoms with Crippen molar-refractivity contribution in [2.45, 2.75) is 64.7 Å². The third-order valence-corrected chi connectivity index (χ3v) is 4.64. The zero-order chi connectivity index (χ0) is 17.7. The van der Waals surface area contributed by atoms with Gasteiger partial charge in [-0.2, -0.15) is 0 Å². The van der Waals surface area contributed by atoms with Crippen LogP contribution in [-0.2, 0) is 25.5 Å². The maximum absolute atomic E-state index is 12.5. The molecule has 1 fully saturated rings. The molecule has 0 aromatic heterocycles. The van der Waals surface area contributed by atoms with Crippen molar-refractivity contribution in [2.24, 2.45) is 0 Å². The highest BCUT2D eigenvalue weighted by Crippen LogP contribution is 2.31. The van der Waals surface area contributed by atoms with Crippen LogP contribution in [0, 0.1) is 13.8 Å². The summed E-state index contributed by atoms with van der Waals surface area (Å²) in [5.74, 6) is -0.501. The maximum atomic E-state index is 12.5. The smallest absolute Gasteiger partial charge is 0.304 e. The van der Waals surface area contributed by atoms with Gasteiger partial charge in [0.15, 0.2) is 5.72 Å². The quantitative estimate of drug-likeness (QED) is 0.665. The molecular weight excluding hydrogens is 306 g/mol. The number of amides is 1. The Balaban J connectivity index is 2.07. The Kier molecular flexibility index (Phi) is 5.99. The molecule has 1 aliphatic rings. The van der Waals surface area contributed by atoms with Crippen LogP contribution in [0.2, 0.25) is 0 Å². The van der Waals surface area contributed by atoms with Gasteiger partial charge in [-0.25, -0.2) is 0 Å². The van der Waals surface area contributed by atoms with E-state index in [4.69, 9.17) is 9.47 Å². The van der Waals surface area contributed by atoms with Crippen molar-refractivity contribution in [1.82, 2.24) is 5.32 Å². The number of ether oxygens (including phenoxy) is 2. The first-order chi connectivity index (χ1) is 11.3. The third-order valence-electron chi connectivity index (χ3n) is 4.64. The fourth-order valence-electron chi connectivity index (χ4n) is 3.28. The molecule has 1 aromatic rings. The third kappa shape index (κ3) is 4.81. The molecule has 0 radical (unpaired) electrons. The number of aryl methyl sites for hydroxylation is 2. The lowest BCUT2D eigenvalue weighted by atomic mass is 9.89. The van der Waals surface area contributed by atoms with Crippen molar-refractivity contribution in [3.05, 3.63) is 34.9 Å². The Bertz CT molecular complexity index is 603. The zero-order valence-electron chi connectivity index (χ0n) is 15.0. The predicted molar refractivity (Wildman–Crippen MR) is 91.5 cm³/mol. The Morgan fingerprint density at radius 1 is 1.25 bits per heavy atom. The summed E-state index contributed by atoms with van der Waals surface area (Å²) >= 11 is 0. The molecule has 132 valence electrons. The van der Waals surface area contributed by atoms with Crippen LogP contribution < -0.4 is 5.32 Å². The van der Waals surface area contributed by atoms with Gasteiger partial charge in [0.2, 0.25) is 5.91 Å². The molecule has 0 unspecified atom stereocenters. The van der Waals surface area contributed by atoms with Gasteiger partial charge in [0.05, 0.1) is 12.5 Å². The second kappa shape index (κ2) is 7.79. The molecule has 2 rings (SSSR count). The summed E-state index contributed by atoms with van der Waals surface area (Å²) in [6, 6.07) is 6.07. The van der Waals surface area contributed by atoms with E-state index in [1.165, 1.54) is 6.92 Å². The van der Waals surface area contributed by atoms with Gasteiger partial charge in [0.25, 0.3) is 0 Å². The van der Waals surface area contributed by atoms with Crippen molar-refractivity contribution in [2.75, 3.05) is 7.11 Å². The molecular formula is C19H27NO4. The molecule has 0 spiro atoms. The molecule has 1 N–H and O–H groups in total. The second-order valence-corrected chi connectivity index (χ2v) is 6.68. The van der Waals surface area contributed by atoms with Crippen LogP contribution in [0.1, 0.15) is 49.3 Å². The number of carbonyl (C=O) groups is 2. The first-order valence-electron chi connectivity index (χ1n) is 8.43. The summed E-state index contributed by atoms with van der Waals surface area (Å²) in [7, 11) is 1.68. The lowest BCUT2D eigenvalue weighted by Gasteiger charge is -2.39. The van der Waals surface area contributed by atoms with Crippen LogP contribution in [0.25, 0.3) is 0 Å². The maximum Gasteiger partial charge on any atom is 0.304 e. The van der Waals surface area contributed by atoms with Crippen LogP contribution in [0.3, 0.4) is 0 Å². The normalized spacial score (nSPS) is 23.6. The van der Waals surface area contributed by atoms with E-state index in [1.807, 2.05) is 32.0 Å². The molecule has 1 aliphatic carbocycles. The highest BCUT2D eigenvalue weighted by atomic mass is 16.6. The summed E-state index contributed by atoms with van der Waals surface area (Å²) in [4.78, 5) is 24.1.